The fourth-order valence-electron chi connectivity index (χ4n) is 1.29. The third-order valence-electron chi connectivity index (χ3n) is 2.11. The molecule has 1 aromatic carbocycles. The van der Waals surface area contributed by atoms with Gasteiger partial charge in [-0.25, -0.2) is 0 Å². The minimum atomic E-state index is -0.448. The quantitative estimate of drug-likeness (QED) is 0.624. The van der Waals surface area contributed by atoms with Gasteiger partial charge in [-0.1, -0.05) is 6.07 Å². The SMILES string of the molecule is Cc1ccc(O)c(O)c1CCC(Cl)Cl. The molecule has 0 fully saturated rings. The predicted molar refractivity (Wildman–Crippen MR) is 58.3 cm³/mol. The van der Waals surface area contributed by atoms with Gasteiger partial charge >= 0.3 is 0 Å². The summed E-state index contributed by atoms with van der Waals surface area (Å²) < 4.78 is 0. The summed E-state index contributed by atoms with van der Waals surface area (Å²) >= 11 is 11.2. The van der Waals surface area contributed by atoms with Crippen LogP contribution in [0.25, 0.3) is 0 Å². The van der Waals surface area contributed by atoms with E-state index >= 15 is 0 Å². The first-order valence-corrected chi connectivity index (χ1v) is 5.18. The van der Waals surface area contributed by atoms with E-state index < -0.39 is 4.84 Å². The van der Waals surface area contributed by atoms with Crippen LogP contribution >= 0.6 is 23.2 Å². The van der Waals surface area contributed by atoms with Crippen LogP contribution in [0.3, 0.4) is 0 Å². The molecule has 0 aliphatic rings. The van der Waals surface area contributed by atoms with E-state index in [-0.39, 0.29) is 11.5 Å². The predicted octanol–water partition coefficient (Wildman–Crippen LogP) is 3.14. The minimum Gasteiger partial charge on any atom is -0.504 e. The van der Waals surface area contributed by atoms with Crippen molar-refractivity contribution in [2.45, 2.75) is 24.6 Å². The van der Waals surface area contributed by atoms with Crippen LogP contribution in [0.2, 0.25) is 0 Å². The molecule has 0 radical (unpaired) electrons. The van der Waals surface area contributed by atoms with Crippen LogP contribution in [0.15, 0.2) is 12.1 Å². The Morgan fingerprint density at radius 1 is 1.29 bits per heavy atom. The summed E-state index contributed by atoms with van der Waals surface area (Å²) in [6, 6.07) is 3.22. The van der Waals surface area contributed by atoms with Crippen molar-refractivity contribution in [3.8, 4) is 11.5 Å². The highest BCUT2D eigenvalue weighted by atomic mass is 35.5. The van der Waals surface area contributed by atoms with Crippen LogP contribution in [0.1, 0.15) is 17.5 Å². The normalized spacial score (nSPS) is 10.9. The second-order valence-corrected chi connectivity index (χ2v) is 4.44. The Labute approximate surface area is 93.1 Å². The van der Waals surface area contributed by atoms with Crippen LogP contribution in [0.5, 0.6) is 11.5 Å². The zero-order valence-electron chi connectivity index (χ0n) is 7.80. The van der Waals surface area contributed by atoms with Gasteiger partial charge in [0.2, 0.25) is 0 Å². The van der Waals surface area contributed by atoms with Crippen molar-refractivity contribution < 1.29 is 10.2 Å². The summed E-state index contributed by atoms with van der Waals surface area (Å²) in [6.45, 7) is 1.87. The van der Waals surface area contributed by atoms with E-state index in [0.717, 1.165) is 5.56 Å². The van der Waals surface area contributed by atoms with Crippen LogP contribution in [0.4, 0.5) is 0 Å². The number of aryl methyl sites for hydroxylation is 1. The van der Waals surface area contributed by atoms with Crippen LogP contribution in [-0.2, 0) is 6.42 Å². The summed E-state index contributed by atoms with van der Waals surface area (Å²) in [7, 11) is 0. The first kappa shape index (κ1) is 11.5. The van der Waals surface area contributed by atoms with Gasteiger partial charge in [0.15, 0.2) is 11.5 Å². The number of phenolic OH excluding ortho intramolecular Hbond substituents is 2. The van der Waals surface area contributed by atoms with Gasteiger partial charge < -0.3 is 10.2 Å². The maximum atomic E-state index is 9.56. The van der Waals surface area contributed by atoms with Gasteiger partial charge in [-0.05, 0) is 31.4 Å². The average Bonchev–Trinajstić information content (AvgIpc) is 2.11. The molecule has 0 heterocycles. The van der Waals surface area contributed by atoms with Gasteiger partial charge in [-0.2, -0.15) is 0 Å². The Balaban J connectivity index is 2.89. The van der Waals surface area contributed by atoms with Crippen molar-refractivity contribution in [2.75, 3.05) is 0 Å². The van der Waals surface area contributed by atoms with Crippen LogP contribution in [-0.4, -0.2) is 15.0 Å². The van der Waals surface area contributed by atoms with Crippen molar-refractivity contribution in [1.82, 2.24) is 0 Å². The van der Waals surface area contributed by atoms with Gasteiger partial charge in [0.1, 0.15) is 4.84 Å². The molecule has 0 bridgehead atoms. The van der Waals surface area contributed by atoms with E-state index in [1.165, 1.54) is 6.07 Å². The molecule has 0 atom stereocenters. The third kappa shape index (κ3) is 2.69. The van der Waals surface area contributed by atoms with Crippen molar-refractivity contribution in [3.05, 3.63) is 23.3 Å². The Morgan fingerprint density at radius 2 is 1.93 bits per heavy atom. The molecule has 0 aliphatic heterocycles. The topological polar surface area (TPSA) is 40.5 Å². The second kappa shape index (κ2) is 4.76. The van der Waals surface area contributed by atoms with Gasteiger partial charge in [0, 0.05) is 5.56 Å². The molecule has 0 saturated heterocycles. The molecule has 0 amide bonds. The first-order valence-electron chi connectivity index (χ1n) is 4.31. The maximum absolute atomic E-state index is 9.56. The zero-order chi connectivity index (χ0) is 10.7. The smallest absolute Gasteiger partial charge is 0.160 e. The van der Waals surface area contributed by atoms with E-state index in [1.54, 1.807) is 6.07 Å². The molecule has 2 N–H and O–H groups in total. The van der Waals surface area contributed by atoms with Crippen LogP contribution < -0.4 is 0 Å². The molecule has 0 spiro atoms. The summed E-state index contributed by atoms with van der Waals surface area (Å²) in [4.78, 5) is -0.448. The van der Waals surface area contributed by atoms with Crippen molar-refractivity contribution in [1.29, 1.82) is 0 Å². The summed E-state index contributed by atoms with van der Waals surface area (Å²) in [5.41, 5.74) is 1.63. The maximum Gasteiger partial charge on any atom is 0.160 e. The summed E-state index contributed by atoms with van der Waals surface area (Å²) in [6.07, 6.45) is 1.12. The third-order valence-corrected chi connectivity index (χ3v) is 2.54. The number of halogens is 2. The molecule has 14 heavy (non-hydrogen) atoms. The standard InChI is InChI=1S/C10H12Cl2O2/c1-6-2-4-8(13)10(14)7(6)3-5-9(11)12/h2,4,9,13-14H,3,5H2,1H3. The lowest BCUT2D eigenvalue weighted by Crippen LogP contribution is -1.95. The second-order valence-electron chi connectivity index (χ2n) is 3.16. The Kier molecular flexibility index (Phi) is 3.90. The number of rotatable bonds is 3. The zero-order valence-corrected chi connectivity index (χ0v) is 9.31. The van der Waals surface area contributed by atoms with E-state index in [2.05, 4.69) is 0 Å². The molecule has 2 nitrogen and oxygen atoms in total. The fourth-order valence-corrected chi connectivity index (χ4v) is 1.51. The van der Waals surface area contributed by atoms with Gasteiger partial charge in [0.25, 0.3) is 0 Å². The van der Waals surface area contributed by atoms with Crippen molar-refractivity contribution in [2.24, 2.45) is 0 Å². The van der Waals surface area contributed by atoms with E-state index in [9.17, 15) is 10.2 Å². The number of hydrogen-bond donors (Lipinski definition) is 2. The van der Waals surface area contributed by atoms with Gasteiger partial charge in [-0.3, -0.25) is 0 Å². The molecule has 4 heteroatoms. The highest BCUT2D eigenvalue weighted by Crippen LogP contribution is 2.32. The lowest BCUT2D eigenvalue weighted by molar-refractivity contribution is 0.398. The molecule has 0 saturated carbocycles. The molecule has 1 rings (SSSR count). The molecule has 1 aromatic rings. The van der Waals surface area contributed by atoms with Crippen molar-refractivity contribution >= 4 is 23.2 Å². The Morgan fingerprint density at radius 3 is 2.50 bits per heavy atom. The average molecular weight is 235 g/mol. The lowest BCUT2D eigenvalue weighted by atomic mass is 10.0. The molecule has 78 valence electrons. The van der Waals surface area contributed by atoms with E-state index in [1.807, 2.05) is 6.92 Å². The number of phenols is 2. The number of benzene rings is 1. The molecule has 0 aromatic heterocycles. The van der Waals surface area contributed by atoms with E-state index in [4.69, 9.17) is 23.2 Å². The first-order chi connectivity index (χ1) is 6.52. The molecule has 0 unspecified atom stereocenters. The molecular formula is C10H12Cl2O2. The monoisotopic (exact) mass is 234 g/mol. The number of hydrogen-bond acceptors (Lipinski definition) is 2. The number of alkyl halides is 2. The lowest BCUT2D eigenvalue weighted by Gasteiger charge is -2.09. The number of aromatic hydroxyl groups is 2. The van der Waals surface area contributed by atoms with Gasteiger partial charge in [0.05, 0.1) is 0 Å². The largest absolute Gasteiger partial charge is 0.504 e. The summed E-state index contributed by atoms with van der Waals surface area (Å²) in [5, 5.41) is 18.8. The Hall–Kier alpha value is -0.600. The minimum absolute atomic E-state index is 0.0704. The highest BCUT2D eigenvalue weighted by molar-refractivity contribution is 6.44. The summed E-state index contributed by atoms with van der Waals surface area (Å²) in [5.74, 6) is -0.176. The molecule has 0 aliphatic carbocycles. The highest BCUT2D eigenvalue weighted by Gasteiger charge is 2.10. The van der Waals surface area contributed by atoms with Crippen molar-refractivity contribution in [3.63, 3.8) is 0 Å². The Bertz CT molecular complexity index is 324. The van der Waals surface area contributed by atoms with E-state index in [0.29, 0.717) is 18.4 Å². The molecular weight excluding hydrogens is 223 g/mol. The van der Waals surface area contributed by atoms with Gasteiger partial charge in [-0.15, -0.1) is 23.2 Å². The van der Waals surface area contributed by atoms with Crippen LogP contribution in [0, 0.1) is 6.92 Å². The fraction of sp³-hybridized carbons (Fsp3) is 0.400.